The second-order valence-corrected chi connectivity index (χ2v) is 8.13. The van der Waals surface area contributed by atoms with Gasteiger partial charge in [0.1, 0.15) is 0 Å². The molecule has 3 rings (SSSR count). The van der Waals surface area contributed by atoms with E-state index < -0.39 is 0 Å². The Kier molecular flexibility index (Phi) is 7.52. The smallest absolute Gasteiger partial charge is 0.222 e. The summed E-state index contributed by atoms with van der Waals surface area (Å²) < 4.78 is 0.883. The quantitative estimate of drug-likeness (QED) is 0.608. The van der Waals surface area contributed by atoms with Crippen LogP contribution in [0.4, 0.5) is 5.95 Å². The Morgan fingerprint density at radius 1 is 1.08 bits per heavy atom. The highest BCUT2D eigenvalue weighted by molar-refractivity contribution is 9.10. The van der Waals surface area contributed by atoms with Gasteiger partial charge >= 0.3 is 0 Å². The summed E-state index contributed by atoms with van der Waals surface area (Å²) in [4.78, 5) is 10.9. The van der Waals surface area contributed by atoms with Gasteiger partial charge in [0.25, 0.3) is 0 Å². The molecule has 0 radical (unpaired) electrons. The lowest BCUT2D eigenvalue weighted by Crippen LogP contribution is -2.43. The Bertz CT molecular complexity index is 705. The van der Waals surface area contributed by atoms with Crippen LogP contribution in [0.25, 0.3) is 0 Å². The van der Waals surface area contributed by atoms with E-state index in [-0.39, 0.29) is 0 Å². The van der Waals surface area contributed by atoms with E-state index in [1.54, 1.807) is 12.4 Å². The summed E-state index contributed by atoms with van der Waals surface area (Å²) in [5, 5.41) is 8.07. The number of likely N-dealkylation sites (tertiary alicyclic amines) is 1. The first-order valence-electron chi connectivity index (χ1n) is 8.71. The molecule has 8 heteroatoms. The molecule has 0 bridgehead atoms. The van der Waals surface area contributed by atoms with E-state index in [1.165, 1.54) is 5.56 Å². The molecule has 2 aromatic rings. The number of rotatable bonds is 7. The molecule has 1 aliphatic rings. The van der Waals surface area contributed by atoms with Crippen molar-refractivity contribution in [2.24, 2.45) is 0 Å². The zero-order valence-electron chi connectivity index (χ0n) is 14.4. The van der Waals surface area contributed by atoms with E-state index in [4.69, 9.17) is 23.2 Å². The lowest BCUT2D eigenvalue weighted by Gasteiger charge is -2.32. The maximum Gasteiger partial charge on any atom is 0.222 e. The molecule has 2 N–H and O–H groups in total. The summed E-state index contributed by atoms with van der Waals surface area (Å²) in [5.41, 5.74) is 1.21. The Morgan fingerprint density at radius 2 is 1.81 bits per heavy atom. The molecule has 1 aromatic heterocycles. The third-order valence-corrected chi connectivity index (χ3v) is 5.59. The van der Waals surface area contributed by atoms with Crippen molar-refractivity contribution in [3.05, 3.63) is 50.7 Å². The monoisotopic (exact) mass is 457 g/mol. The van der Waals surface area contributed by atoms with Crippen molar-refractivity contribution in [1.29, 1.82) is 0 Å². The van der Waals surface area contributed by atoms with Crippen LogP contribution in [0.1, 0.15) is 18.4 Å². The van der Waals surface area contributed by atoms with Gasteiger partial charge in [-0.25, -0.2) is 9.97 Å². The average Bonchev–Trinajstić information content (AvgIpc) is 2.65. The summed E-state index contributed by atoms with van der Waals surface area (Å²) in [5.74, 6) is 0.659. The number of nitrogens with zero attached hydrogens (tertiary/aromatic N) is 3. The van der Waals surface area contributed by atoms with Crippen LogP contribution in [0.2, 0.25) is 10.0 Å². The van der Waals surface area contributed by atoms with Crippen LogP contribution in [0.5, 0.6) is 0 Å². The van der Waals surface area contributed by atoms with Gasteiger partial charge in [-0.15, -0.1) is 0 Å². The van der Waals surface area contributed by atoms with Crippen molar-refractivity contribution in [2.45, 2.75) is 25.4 Å². The minimum absolute atomic E-state index is 0.563. The molecule has 0 saturated carbocycles. The van der Waals surface area contributed by atoms with Gasteiger partial charge in [0.15, 0.2) is 0 Å². The fourth-order valence-electron chi connectivity index (χ4n) is 3.05. The van der Waals surface area contributed by atoms with E-state index >= 15 is 0 Å². The number of benzene rings is 1. The molecular formula is C18H22BrCl2N5. The second kappa shape index (κ2) is 9.85. The molecule has 0 atom stereocenters. The topological polar surface area (TPSA) is 53.1 Å². The number of halogens is 3. The van der Waals surface area contributed by atoms with Gasteiger partial charge in [-0.2, -0.15) is 0 Å². The summed E-state index contributed by atoms with van der Waals surface area (Å²) in [7, 11) is 0. The molecule has 5 nitrogen and oxygen atoms in total. The van der Waals surface area contributed by atoms with E-state index in [2.05, 4.69) is 47.5 Å². The van der Waals surface area contributed by atoms with Gasteiger partial charge < -0.3 is 10.6 Å². The molecule has 2 heterocycles. The fourth-order valence-corrected chi connectivity index (χ4v) is 3.57. The summed E-state index contributed by atoms with van der Waals surface area (Å²) in [6.45, 7) is 4.80. The van der Waals surface area contributed by atoms with Gasteiger partial charge in [-0.05, 0) is 59.6 Å². The molecule has 1 aliphatic heterocycles. The van der Waals surface area contributed by atoms with Gasteiger partial charge in [0, 0.05) is 38.1 Å². The maximum absolute atomic E-state index is 6.10. The standard InChI is InChI=1S/C18H22BrCl2N5/c19-14-10-24-18(25-11-14)23-6-5-22-15-3-7-26(8-4-15)12-13-1-2-16(20)17(21)9-13/h1-2,9-11,15,22H,3-8,12H2,(H,23,24,25). The Hall–Kier alpha value is -0.920. The molecule has 140 valence electrons. The number of nitrogens with one attached hydrogen (secondary N) is 2. The minimum atomic E-state index is 0.563. The Morgan fingerprint density at radius 3 is 2.50 bits per heavy atom. The van der Waals surface area contributed by atoms with Gasteiger partial charge in [-0.1, -0.05) is 29.3 Å². The average molecular weight is 459 g/mol. The summed E-state index contributed by atoms with van der Waals surface area (Å²) in [6.07, 6.45) is 5.78. The number of anilines is 1. The van der Waals surface area contributed by atoms with E-state index in [0.29, 0.717) is 22.0 Å². The third kappa shape index (κ3) is 6.06. The van der Waals surface area contributed by atoms with Gasteiger partial charge in [0.2, 0.25) is 5.95 Å². The molecule has 0 spiro atoms. The molecule has 26 heavy (non-hydrogen) atoms. The second-order valence-electron chi connectivity index (χ2n) is 6.40. The number of hydrogen-bond donors (Lipinski definition) is 2. The summed E-state index contributed by atoms with van der Waals surface area (Å²) >= 11 is 15.4. The van der Waals surface area contributed by atoms with Crippen LogP contribution in [0, 0.1) is 0 Å². The van der Waals surface area contributed by atoms with Crippen LogP contribution in [-0.2, 0) is 6.54 Å². The predicted octanol–water partition coefficient (Wildman–Crippen LogP) is 4.21. The van der Waals surface area contributed by atoms with Crippen LogP contribution in [0.15, 0.2) is 35.1 Å². The SMILES string of the molecule is Clc1ccc(CN2CCC(NCCNc3ncc(Br)cn3)CC2)cc1Cl. The van der Waals surface area contributed by atoms with Gasteiger partial charge in [0.05, 0.1) is 14.5 Å². The molecule has 0 unspecified atom stereocenters. The van der Waals surface area contributed by atoms with Crippen molar-refractivity contribution in [1.82, 2.24) is 20.2 Å². The molecular weight excluding hydrogens is 437 g/mol. The third-order valence-electron chi connectivity index (χ3n) is 4.44. The predicted molar refractivity (Wildman–Crippen MR) is 111 cm³/mol. The van der Waals surface area contributed by atoms with Crippen molar-refractivity contribution >= 4 is 45.1 Å². The minimum Gasteiger partial charge on any atom is -0.353 e. The van der Waals surface area contributed by atoms with Crippen molar-refractivity contribution < 1.29 is 0 Å². The molecule has 1 saturated heterocycles. The normalized spacial score (nSPS) is 16.0. The maximum atomic E-state index is 6.10. The van der Waals surface area contributed by atoms with E-state index in [1.807, 2.05) is 12.1 Å². The highest BCUT2D eigenvalue weighted by Crippen LogP contribution is 2.24. The van der Waals surface area contributed by atoms with Crippen LogP contribution in [-0.4, -0.2) is 47.1 Å². The molecule has 0 amide bonds. The Balaban J connectivity index is 1.33. The lowest BCUT2D eigenvalue weighted by atomic mass is 10.0. The van der Waals surface area contributed by atoms with Crippen LogP contribution < -0.4 is 10.6 Å². The number of piperidine rings is 1. The van der Waals surface area contributed by atoms with Gasteiger partial charge in [-0.3, -0.25) is 4.90 Å². The van der Waals surface area contributed by atoms with Crippen LogP contribution in [0.3, 0.4) is 0 Å². The van der Waals surface area contributed by atoms with Crippen molar-refractivity contribution in [3.8, 4) is 0 Å². The molecule has 1 fully saturated rings. The first kappa shape index (κ1) is 19.8. The fraction of sp³-hybridized carbons (Fsp3) is 0.444. The highest BCUT2D eigenvalue weighted by Gasteiger charge is 2.18. The Labute approximate surface area is 172 Å². The lowest BCUT2D eigenvalue weighted by molar-refractivity contribution is 0.191. The first-order chi connectivity index (χ1) is 12.6. The first-order valence-corrected chi connectivity index (χ1v) is 10.3. The zero-order valence-corrected chi connectivity index (χ0v) is 17.5. The van der Waals surface area contributed by atoms with Crippen molar-refractivity contribution in [2.75, 3.05) is 31.5 Å². The largest absolute Gasteiger partial charge is 0.353 e. The van der Waals surface area contributed by atoms with E-state index in [9.17, 15) is 0 Å². The van der Waals surface area contributed by atoms with Crippen molar-refractivity contribution in [3.63, 3.8) is 0 Å². The van der Waals surface area contributed by atoms with E-state index in [0.717, 1.165) is 50.0 Å². The molecule has 1 aromatic carbocycles. The zero-order chi connectivity index (χ0) is 18.4. The summed E-state index contributed by atoms with van der Waals surface area (Å²) in [6, 6.07) is 6.45. The number of hydrogen-bond acceptors (Lipinski definition) is 5. The molecule has 0 aliphatic carbocycles. The van der Waals surface area contributed by atoms with Crippen LogP contribution >= 0.6 is 39.1 Å². The highest BCUT2D eigenvalue weighted by atomic mass is 79.9. The number of aromatic nitrogens is 2.